The molecule has 6 heterocycles. The lowest BCUT2D eigenvalue weighted by Crippen LogP contribution is -2.20. The SMILES string of the molecule is COc1ccc(Cn2cc(-c3cc(C(F)(F)F)[nH]c(=S)n3)ccc2=O)cc1OC.COc1ccc(Cn2cc(-c3cc(C(F)(F)F)nc(S(=O)(=O)CCC(OCc4ccccc4)c4ccccc4)n3)ccc2=O)cc1OC.COc1ccc(Cn2cc(-c3cc(C(F)(F)F)nc(S(=O)CCC(OCc4ccccc4)c4ccccc4)n3)ccc2=O)cc1OC.ClCCC(OCc1ccccc1)c1ccccc1. The van der Waals surface area contributed by atoms with Gasteiger partial charge in [-0.2, -0.15) is 39.5 Å². The molecule has 142 heavy (non-hydrogen) atoms. The highest BCUT2D eigenvalue weighted by Gasteiger charge is 2.38. The van der Waals surface area contributed by atoms with Gasteiger partial charge in [0.1, 0.15) is 17.1 Å². The molecule has 9 aromatic carbocycles. The summed E-state index contributed by atoms with van der Waals surface area (Å²) in [4.78, 5) is 59.1. The van der Waals surface area contributed by atoms with Gasteiger partial charge in [0.2, 0.25) is 20.2 Å². The first-order valence-corrected chi connectivity index (χ1v) is 47.8. The van der Waals surface area contributed by atoms with Crippen LogP contribution in [0.5, 0.6) is 34.5 Å². The van der Waals surface area contributed by atoms with Crippen LogP contribution in [0.4, 0.5) is 39.5 Å². The lowest BCUT2D eigenvalue weighted by Gasteiger charge is -2.19. The van der Waals surface area contributed by atoms with E-state index >= 15 is 0 Å². The van der Waals surface area contributed by atoms with Crippen LogP contribution < -0.4 is 45.1 Å². The van der Waals surface area contributed by atoms with Crippen molar-refractivity contribution in [1.29, 1.82) is 0 Å². The predicted octanol–water partition coefficient (Wildman–Crippen LogP) is 22.0. The van der Waals surface area contributed by atoms with Gasteiger partial charge in [-0.05, 0) is 154 Å². The number of nitrogens with one attached hydrogen (secondary N) is 1. The summed E-state index contributed by atoms with van der Waals surface area (Å²) in [5, 5.41) is -1.43. The molecule has 0 spiro atoms. The third kappa shape index (κ3) is 30.6. The molecule has 15 rings (SSSR count). The second-order valence-corrected chi connectivity index (χ2v) is 35.8. The number of methoxy groups -OCH3 is 6. The number of nitrogens with zero attached hydrogens (tertiary/aromatic N) is 8. The third-order valence-corrected chi connectivity index (χ3v) is 24.9. The summed E-state index contributed by atoms with van der Waals surface area (Å²) in [5.41, 5.74) is 3.30. The summed E-state index contributed by atoms with van der Waals surface area (Å²) in [6.45, 7) is 1.45. The van der Waals surface area contributed by atoms with Crippen molar-refractivity contribution in [2.45, 2.75) is 106 Å². The van der Waals surface area contributed by atoms with Crippen molar-refractivity contribution in [3.05, 3.63) is 413 Å². The predicted molar refractivity (Wildman–Crippen MR) is 523 cm³/mol. The average Bonchev–Trinajstić information content (AvgIpc) is 0.784. The largest absolute Gasteiger partial charge is 0.493 e. The van der Waals surface area contributed by atoms with Crippen LogP contribution >= 0.6 is 23.8 Å². The number of aromatic nitrogens is 9. The zero-order valence-corrected chi connectivity index (χ0v) is 80.6. The molecule has 0 aliphatic heterocycles. The summed E-state index contributed by atoms with van der Waals surface area (Å²) in [7, 11) is 2.52. The van der Waals surface area contributed by atoms with E-state index in [4.69, 9.17) is 66.5 Å². The van der Waals surface area contributed by atoms with E-state index in [1.807, 2.05) is 138 Å². The van der Waals surface area contributed by atoms with E-state index in [0.717, 1.165) is 40.8 Å². The van der Waals surface area contributed by atoms with E-state index in [1.165, 1.54) is 122 Å². The highest BCUT2D eigenvalue weighted by Crippen LogP contribution is 2.38. The van der Waals surface area contributed by atoms with Crippen LogP contribution in [0.3, 0.4) is 0 Å². The van der Waals surface area contributed by atoms with Crippen LogP contribution in [0, 0.1) is 4.77 Å². The maximum atomic E-state index is 14.0. The van der Waals surface area contributed by atoms with Crippen LogP contribution in [0.1, 0.15) is 105 Å². The molecule has 0 bridgehead atoms. The Morgan fingerprint density at radius 2 is 0.704 bits per heavy atom. The maximum Gasteiger partial charge on any atom is 0.433 e. The molecule has 1 N–H and O–H groups in total. The summed E-state index contributed by atoms with van der Waals surface area (Å²) in [6.07, 6.45) is -10.3. The Hall–Kier alpha value is -14.3. The Bertz CT molecular complexity index is 7090. The van der Waals surface area contributed by atoms with Gasteiger partial charge in [-0.25, -0.2) is 33.3 Å². The van der Waals surface area contributed by atoms with E-state index in [0.29, 0.717) is 81.9 Å². The van der Waals surface area contributed by atoms with Gasteiger partial charge in [-0.15, -0.1) is 11.6 Å². The van der Waals surface area contributed by atoms with Crippen LogP contribution in [-0.2, 0) is 92.8 Å². The standard InChI is InChI=1S/C35H32F3N3O6S.C35H32F3N3O5S.C19H16F3N3O3S.C16H17ClO/c1-45-30-15-13-25(19-31(30)46-2)21-41-22-27(14-16-33(41)42)28-20-32(35(36,37)38)40-34(39-28)48(43,44)18-17-29(26-11-7-4-8-12-26)47-23-24-9-5-3-6-10-24;1-44-30-15-13-25(19-31(30)45-2)21-41-22-27(14-16-33(41)42)28-20-32(35(36,37)38)40-34(39-28)47(43)18-17-29(26-11-7-4-8-12-26)46-23-24-9-5-3-6-10-24;1-27-14-5-3-11(7-15(14)28-2)9-25-10-12(4-6-17(25)26)13-8-16(19(20,21)22)24-18(29)23-13;17-12-11-16(15-9-5-2-6-10-15)18-13-14-7-3-1-4-8-14/h3-16,19-20,22,29H,17-18,21,23H2,1-2H3;3-16,19-20,22,29H,17-18,21,23H2,1-2H3;3-8,10H,9H2,1-2H3,(H,23,24,29);1-10,16H,11-13H2. The van der Waals surface area contributed by atoms with Gasteiger partial charge in [0.25, 0.3) is 16.7 Å². The summed E-state index contributed by atoms with van der Waals surface area (Å²) >= 11 is 10.7. The molecule has 740 valence electrons. The molecule has 0 aliphatic rings. The van der Waals surface area contributed by atoms with Crippen molar-refractivity contribution in [3.63, 3.8) is 0 Å². The molecular formula is C105H97ClF9N9O15S3. The minimum Gasteiger partial charge on any atom is -0.493 e. The smallest absolute Gasteiger partial charge is 0.433 e. The van der Waals surface area contributed by atoms with E-state index in [9.17, 15) is 66.5 Å². The number of halogens is 10. The Labute approximate surface area is 824 Å². The Kier molecular flexibility index (Phi) is 38.1. The molecule has 15 aromatic rings. The number of pyridine rings is 3. The van der Waals surface area contributed by atoms with Crippen molar-refractivity contribution >= 4 is 44.5 Å². The Morgan fingerprint density at radius 1 is 0.373 bits per heavy atom. The van der Waals surface area contributed by atoms with Crippen molar-refractivity contribution in [2.75, 3.05) is 60.0 Å². The molecule has 0 radical (unpaired) electrons. The number of aromatic amines is 1. The van der Waals surface area contributed by atoms with Gasteiger partial charge in [0.15, 0.2) is 39.3 Å². The molecule has 37 heteroatoms. The maximum absolute atomic E-state index is 14.0. The molecule has 0 fully saturated rings. The number of sulfone groups is 1. The zero-order chi connectivity index (χ0) is 102. The second kappa shape index (κ2) is 50.7. The Morgan fingerprint density at radius 3 is 1.05 bits per heavy atom. The van der Waals surface area contributed by atoms with Gasteiger partial charge in [-0.1, -0.05) is 200 Å². The van der Waals surface area contributed by atoms with E-state index in [-0.39, 0.29) is 95.0 Å². The first-order chi connectivity index (χ1) is 68.2. The van der Waals surface area contributed by atoms with Gasteiger partial charge in [-0.3, -0.25) is 18.6 Å². The summed E-state index contributed by atoms with van der Waals surface area (Å²) < 4.78 is 217. The van der Waals surface area contributed by atoms with Crippen molar-refractivity contribution < 1.29 is 94.8 Å². The molecule has 6 aromatic heterocycles. The molecule has 4 unspecified atom stereocenters. The van der Waals surface area contributed by atoms with Crippen LogP contribution in [0.2, 0.25) is 0 Å². The minimum atomic E-state index is -4.97. The monoisotopic (exact) mass is 2030 g/mol. The number of H-pyrrole nitrogens is 1. The fourth-order valence-corrected chi connectivity index (χ4v) is 17.1. The molecular weight excluding hydrogens is 1930 g/mol. The number of hydrogen-bond donors (Lipinski definition) is 1. The molecule has 4 atom stereocenters. The lowest BCUT2D eigenvalue weighted by molar-refractivity contribution is -0.142. The fourth-order valence-electron chi connectivity index (χ4n) is 14.5. The van der Waals surface area contributed by atoms with E-state index in [2.05, 4.69) is 49.2 Å². The van der Waals surface area contributed by atoms with E-state index < -0.39 is 90.1 Å². The molecule has 0 saturated carbocycles. The van der Waals surface area contributed by atoms with Crippen molar-refractivity contribution in [1.82, 2.24) is 43.6 Å². The first kappa shape index (κ1) is 107. The number of benzene rings is 9. The van der Waals surface area contributed by atoms with E-state index in [1.54, 1.807) is 78.9 Å². The highest BCUT2D eigenvalue weighted by atomic mass is 35.5. The average molecular weight is 2030 g/mol. The molecule has 0 amide bonds. The van der Waals surface area contributed by atoms with Gasteiger partial charge < -0.3 is 61.3 Å². The number of ether oxygens (including phenoxy) is 9. The normalized spacial score (nSPS) is 12.3. The number of alkyl halides is 10. The summed E-state index contributed by atoms with van der Waals surface area (Å²) in [6, 6.07) is 83.1. The topological polar surface area (TPSA) is 281 Å². The minimum absolute atomic E-state index is 0.0159. The van der Waals surface area contributed by atoms with Crippen LogP contribution in [-0.4, -0.2) is 116 Å². The number of rotatable bonds is 37. The third-order valence-electron chi connectivity index (χ3n) is 21.7. The molecule has 0 aliphatic carbocycles. The molecule has 24 nitrogen and oxygen atoms in total. The highest BCUT2D eigenvalue weighted by molar-refractivity contribution is 7.91. The quantitative estimate of drug-likeness (QED) is 0.0164. The van der Waals surface area contributed by atoms with Gasteiger partial charge in [0.05, 0.1) is 134 Å². The summed E-state index contributed by atoms with van der Waals surface area (Å²) in [5.74, 6) is 2.90. The Balaban J connectivity index is 0.000000179. The van der Waals surface area contributed by atoms with Gasteiger partial charge >= 0.3 is 18.5 Å². The molecule has 0 saturated heterocycles. The second-order valence-electron chi connectivity index (χ2n) is 31.6. The van der Waals surface area contributed by atoms with Crippen molar-refractivity contribution in [2.24, 2.45) is 0 Å². The number of hydrogen-bond acceptors (Lipinski definition) is 21. The van der Waals surface area contributed by atoms with Crippen LogP contribution in [0.15, 0.2) is 334 Å². The lowest BCUT2D eigenvalue weighted by atomic mass is 10.1. The van der Waals surface area contributed by atoms with Crippen molar-refractivity contribution in [3.8, 4) is 68.3 Å². The van der Waals surface area contributed by atoms with Gasteiger partial charge in [0, 0.05) is 65.1 Å². The van der Waals surface area contributed by atoms with Crippen LogP contribution in [0.25, 0.3) is 33.8 Å². The zero-order valence-electron chi connectivity index (χ0n) is 77.4. The first-order valence-electron chi connectivity index (χ1n) is 43.9. The fraction of sp³-hybridized carbons (Fsp3) is 0.229.